The molecule has 0 bridgehead atoms. The molecule has 1 heterocycles. The quantitative estimate of drug-likeness (QED) is 0.930. The third-order valence-corrected chi connectivity index (χ3v) is 3.79. The number of aryl methyl sites for hydroxylation is 1. The number of hydrogen-bond acceptors (Lipinski definition) is 4. The fourth-order valence-corrected chi connectivity index (χ4v) is 2.94. The molecule has 2 aromatic rings. The standard InChI is InChI=1S/C16H19N3O/c1-20-10-12-9-15(17)19-16(18-12)14-8-4-6-11-5-2-3-7-13(11)14/h2-3,5,7,9,14H,4,6,8,10H2,1H3,(H2,17,18,19). The monoisotopic (exact) mass is 269 g/mol. The number of benzene rings is 1. The van der Waals surface area contributed by atoms with Gasteiger partial charge in [0, 0.05) is 19.1 Å². The Morgan fingerprint density at radius 3 is 3.00 bits per heavy atom. The SMILES string of the molecule is COCc1cc(N)nc(C2CCCc3ccccc32)n1. The van der Waals surface area contributed by atoms with Crippen LogP contribution in [0.2, 0.25) is 0 Å². The highest BCUT2D eigenvalue weighted by Crippen LogP contribution is 2.35. The Labute approximate surface area is 119 Å². The minimum Gasteiger partial charge on any atom is -0.384 e. The van der Waals surface area contributed by atoms with Crippen LogP contribution in [0.5, 0.6) is 0 Å². The van der Waals surface area contributed by atoms with Gasteiger partial charge in [0.25, 0.3) is 0 Å². The summed E-state index contributed by atoms with van der Waals surface area (Å²) in [6.07, 6.45) is 3.38. The van der Waals surface area contributed by atoms with Crippen molar-refractivity contribution >= 4 is 5.82 Å². The molecule has 2 N–H and O–H groups in total. The van der Waals surface area contributed by atoms with E-state index in [2.05, 4.69) is 34.2 Å². The van der Waals surface area contributed by atoms with Crippen molar-refractivity contribution in [2.75, 3.05) is 12.8 Å². The zero-order chi connectivity index (χ0) is 13.9. The largest absolute Gasteiger partial charge is 0.384 e. The van der Waals surface area contributed by atoms with E-state index in [0.29, 0.717) is 12.4 Å². The molecular formula is C16H19N3O. The average Bonchev–Trinajstić information content (AvgIpc) is 2.46. The van der Waals surface area contributed by atoms with Gasteiger partial charge in [-0.3, -0.25) is 0 Å². The molecule has 0 radical (unpaired) electrons. The summed E-state index contributed by atoms with van der Waals surface area (Å²) in [5, 5.41) is 0. The van der Waals surface area contributed by atoms with Gasteiger partial charge in [-0.25, -0.2) is 9.97 Å². The molecule has 1 unspecified atom stereocenters. The van der Waals surface area contributed by atoms with Crippen LogP contribution < -0.4 is 5.73 Å². The zero-order valence-electron chi connectivity index (χ0n) is 11.7. The fraction of sp³-hybridized carbons (Fsp3) is 0.375. The number of nitrogens with two attached hydrogens (primary N) is 1. The van der Waals surface area contributed by atoms with E-state index in [0.717, 1.165) is 24.4 Å². The predicted octanol–water partition coefficient (Wildman–Crippen LogP) is 2.67. The molecule has 3 rings (SSSR count). The Balaban J connectivity index is 2.01. The van der Waals surface area contributed by atoms with Gasteiger partial charge in [0.1, 0.15) is 11.6 Å². The first-order chi connectivity index (χ1) is 9.78. The topological polar surface area (TPSA) is 61.0 Å². The van der Waals surface area contributed by atoms with Gasteiger partial charge in [0.05, 0.1) is 12.3 Å². The van der Waals surface area contributed by atoms with Crippen molar-refractivity contribution in [2.45, 2.75) is 31.8 Å². The Bertz CT molecular complexity index is 612. The van der Waals surface area contributed by atoms with Crippen LogP contribution in [0.1, 0.15) is 41.4 Å². The van der Waals surface area contributed by atoms with Crippen molar-refractivity contribution in [2.24, 2.45) is 0 Å². The van der Waals surface area contributed by atoms with Gasteiger partial charge in [-0.15, -0.1) is 0 Å². The van der Waals surface area contributed by atoms with E-state index in [-0.39, 0.29) is 5.92 Å². The second-order valence-corrected chi connectivity index (χ2v) is 5.22. The molecule has 0 spiro atoms. The Morgan fingerprint density at radius 2 is 2.15 bits per heavy atom. The normalized spacial score (nSPS) is 17.8. The predicted molar refractivity (Wildman–Crippen MR) is 78.4 cm³/mol. The molecule has 0 saturated carbocycles. The summed E-state index contributed by atoms with van der Waals surface area (Å²) in [4.78, 5) is 9.08. The average molecular weight is 269 g/mol. The molecule has 1 aliphatic carbocycles. The van der Waals surface area contributed by atoms with E-state index < -0.39 is 0 Å². The number of ether oxygens (including phenoxy) is 1. The molecule has 0 fully saturated rings. The molecule has 4 nitrogen and oxygen atoms in total. The van der Waals surface area contributed by atoms with Gasteiger partial charge in [-0.05, 0) is 30.4 Å². The van der Waals surface area contributed by atoms with Crippen LogP contribution in [-0.4, -0.2) is 17.1 Å². The van der Waals surface area contributed by atoms with Crippen LogP contribution in [0.4, 0.5) is 5.82 Å². The second-order valence-electron chi connectivity index (χ2n) is 5.22. The maximum absolute atomic E-state index is 5.91. The summed E-state index contributed by atoms with van der Waals surface area (Å²) in [5.74, 6) is 1.59. The van der Waals surface area contributed by atoms with Gasteiger partial charge in [-0.2, -0.15) is 0 Å². The summed E-state index contributed by atoms with van der Waals surface area (Å²) in [7, 11) is 1.66. The van der Waals surface area contributed by atoms with Gasteiger partial charge >= 0.3 is 0 Å². The molecule has 0 aliphatic heterocycles. The first-order valence-electron chi connectivity index (χ1n) is 6.98. The van der Waals surface area contributed by atoms with Crippen molar-refractivity contribution in [3.05, 3.63) is 53.0 Å². The van der Waals surface area contributed by atoms with Crippen LogP contribution in [0.15, 0.2) is 30.3 Å². The fourth-order valence-electron chi connectivity index (χ4n) is 2.94. The minimum absolute atomic E-state index is 0.249. The molecule has 104 valence electrons. The lowest BCUT2D eigenvalue weighted by molar-refractivity contribution is 0.181. The van der Waals surface area contributed by atoms with Crippen LogP contribution in [0.25, 0.3) is 0 Å². The van der Waals surface area contributed by atoms with E-state index in [1.807, 2.05) is 0 Å². The third-order valence-electron chi connectivity index (χ3n) is 3.79. The highest BCUT2D eigenvalue weighted by atomic mass is 16.5. The van der Waals surface area contributed by atoms with Crippen molar-refractivity contribution in [3.8, 4) is 0 Å². The molecule has 1 aliphatic rings. The third kappa shape index (κ3) is 2.51. The molecule has 20 heavy (non-hydrogen) atoms. The number of anilines is 1. The smallest absolute Gasteiger partial charge is 0.138 e. The molecular weight excluding hydrogens is 250 g/mol. The van der Waals surface area contributed by atoms with Crippen LogP contribution in [-0.2, 0) is 17.8 Å². The van der Waals surface area contributed by atoms with Crippen molar-refractivity contribution in [1.29, 1.82) is 0 Å². The molecule has 1 atom stereocenters. The summed E-state index contributed by atoms with van der Waals surface area (Å²) in [6.45, 7) is 0.466. The summed E-state index contributed by atoms with van der Waals surface area (Å²) in [5.41, 5.74) is 9.50. The minimum atomic E-state index is 0.249. The number of aromatic nitrogens is 2. The number of hydrogen-bond donors (Lipinski definition) is 1. The number of nitrogen functional groups attached to an aromatic ring is 1. The lowest BCUT2D eigenvalue weighted by atomic mass is 9.82. The van der Waals surface area contributed by atoms with E-state index in [1.54, 1.807) is 13.2 Å². The zero-order valence-corrected chi connectivity index (χ0v) is 11.7. The lowest BCUT2D eigenvalue weighted by Crippen LogP contribution is -2.15. The van der Waals surface area contributed by atoms with Gasteiger partial charge in [0.2, 0.25) is 0 Å². The number of methoxy groups -OCH3 is 1. The molecule has 1 aromatic heterocycles. The van der Waals surface area contributed by atoms with Crippen LogP contribution in [0, 0.1) is 0 Å². The first-order valence-corrected chi connectivity index (χ1v) is 6.98. The highest BCUT2D eigenvalue weighted by molar-refractivity contribution is 5.38. The maximum Gasteiger partial charge on any atom is 0.138 e. The number of nitrogens with zero attached hydrogens (tertiary/aromatic N) is 2. The first kappa shape index (κ1) is 13.1. The van der Waals surface area contributed by atoms with Gasteiger partial charge in [-0.1, -0.05) is 24.3 Å². The number of rotatable bonds is 3. The summed E-state index contributed by atoms with van der Waals surface area (Å²) < 4.78 is 5.15. The molecule has 1 aromatic carbocycles. The summed E-state index contributed by atoms with van der Waals surface area (Å²) >= 11 is 0. The molecule has 0 saturated heterocycles. The highest BCUT2D eigenvalue weighted by Gasteiger charge is 2.24. The molecule has 4 heteroatoms. The maximum atomic E-state index is 5.91. The van der Waals surface area contributed by atoms with Crippen LogP contribution >= 0.6 is 0 Å². The Hall–Kier alpha value is -1.94. The van der Waals surface area contributed by atoms with Crippen LogP contribution in [0.3, 0.4) is 0 Å². The van der Waals surface area contributed by atoms with Crippen molar-refractivity contribution in [1.82, 2.24) is 9.97 Å². The van der Waals surface area contributed by atoms with E-state index in [4.69, 9.17) is 10.5 Å². The van der Waals surface area contributed by atoms with E-state index in [1.165, 1.54) is 17.5 Å². The van der Waals surface area contributed by atoms with Gasteiger partial charge < -0.3 is 10.5 Å². The van der Waals surface area contributed by atoms with Crippen molar-refractivity contribution < 1.29 is 4.74 Å². The number of fused-ring (bicyclic) bond motifs is 1. The Kier molecular flexibility index (Phi) is 3.65. The van der Waals surface area contributed by atoms with Gasteiger partial charge in [0.15, 0.2) is 0 Å². The van der Waals surface area contributed by atoms with E-state index in [9.17, 15) is 0 Å². The summed E-state index contributed by atoms with van der Waals surface area (Å²) in [6, 6.07) is 10.3. The molecule has 0 amide bonds. The van der Waals surface area contributed by atoms with E-state index >= 15 is 0 Å². The lowest BCUT2D eigenvalue weighted by Gasteiger charge is -2.24. The van der Waals surface area contributed by atoms with Crippen molar-refractivity contribution in [3.63, 3.8) is 0 Å². The second kappa shape index (κ2) is 5.59. The Morgan fingerprint density at radius 1 is 1.30 bits per heavy atom.